The average molecular weight is 347 g/mol. The summed E-state index contributed by atoms with van der Waals surface area (Å²) in [5.74, 6) is 1.12. The number of ketones is 1. The van der Waals surface area contributed by atoms with E-state index >= 15 is 0 Å². The maximum Gasteiger partial charge on any atom is 0.164 e. The molecule has 1 saturated heterocycles. The van der Waals surface area contributed by atoms with Gasteiger partial charge in [-0.1, -0.05) is 26.2 Å². The molecule has 1 aliphatic heterocycles. The Kier molecular flexibility index (Phi) is 8.42. The van der Waals surface area contributed by atoms with E-state index in [1.807, 2.05) is 26.0 Å². The summed E-state index contributed by atoms with van der Waals surface area (Å²) >= 11 is 0. The third-order valence-electron chi connectivity index (χ3n) is 4.81. The van der Waals surface area contributed by atoms with Gasteiger partial charge in [0.05, 0.1) is 19.8 Å². The van der Waals surface area contributed by atoms with Crippen LogP contribution in [-0.4, -0.2) is 50.1 Å². The number of benzene rings is 1. The molecule has 0 atom stereocenters. The fourth-order valence-electron chi connectivity index (χ4n) is 3.38. The molecule has 0 bridgehead atoms. The highest BCUT2D eigenvalue weighted by Gasteiger charge is 2.17. The van der Waals surface area contributed by atoms with E-state index in [0.29, 0.717) is 6.42 Å². The molecule has 4 heteroatoms. The Morgan fingerprint density at radius 1 is 1.12 bits per heavy atom. The van der Waals surface area contributed by atoms with Crippen molar-refractivity contribution in [2.45, 2.75) is 52.9 Å². The van der Waals surface area contributed by atoms with Crippen LogP contribution in [0.4, 0.5) is 0 Å². The van der Waals surface area contributed by atoms with Crippen LogP contribution in [-0.2, 0) is 4.74 Å². The minimum absolute atomic E-state index is 0.232. The largest absolute Gasteiger partial charge is 0.494 e. The molecule has 1 aromatic rings. The predicted molar refractivity (Wildman–Crippen MR) is 102 cm³/mol. The van der Waals surface area contributed by atoms with E-state index in [2.05, 4.69) is 11.8 Å². The van der Waals surface area contributed by atoms with Crippen LogP contribution in [0, 0.1) is 13.8 Å². The third kappa shape index (κ3) is 6.44. The molecule has 0 aliphatic carbocycles. The molecule has 0 radical (unpaired) electrons. The second-order valence-corrected chi connectivity index (χ2v) is 6.97. The summed E-state index contributed by atoms with van der Waals surface area (Å²) in [4.78, 5) is 15.0. The molecule has 0 amide bonds. The molecule has 1 fully saturated rings. The number of Topliss-reactive ketones (excluding diaryl/α,β-unsaturated/α-hetero) is 1. The first kappa shape index (κ1) is 19.9. The highest BCUT2D eigenvalue weighted by atomic mass is 16.5. The van der Waals surface area contributed by atoms with Crippen molar-refractivity contribution in [2.24, 2.45) is 0 Å². The van der Waals surface area contributed by atoms with Crippen LogP contribution in [0.1, 0.15) is 60.5 Å². The molecule has 0 aromatic heterocycles. The fourth-order valence-corrected chi connectivity index (χ4v) is 3.38. The lowest BCUT2D eigenvalue weighted by molar-refractivity contribution is 0.0370. The Labute approximate surface area is 152 Å². The minimum atomic E-state index is 0.232. The van der Waals surface area contributed by atoms with Crippen LogP contribution in [0.5, 0.6) is 5.75 Å². The van der Waals surface area contributed by atoms with Gasteiger partial charge in [-0.15, -0.1) is 0 Å². The quantitative estimate of drug-likeness (QED) is 0.470. The Morgan fingerprint density at radius 3 is 2.44 bits per heavy atom. The van der Waals surface area contributed by atoms with E-state index in [1.54, 1.807) is 0 Å². The molecule has 1 aliphatic rings. The zero-order valence-corrected chi connectivity index (χ0v) is 16.1. The van der Waals surface area contributed by atoms with Gasteiger partial charge in [-0.05, 0) is 43.5 Å². The van der Waals surface area contributed by atoms with E-state index in [1.165, 1.54) is 19.3 Å². The molecule has 1 aromatic carbocycles. The zero-order valence-electron chi connectivity index (χ0n) is 16.1. The molecule has 25 heavy (non-hydrogen) atoms. The Hall–Kier alpha value is -1.39. The Balaban J connectivity index is 1.88. The molecule has 140 valence electrons. The van der Waals surface area contributed by atoms with Crippen molar-refractivity contribution in [1.29, 1.82) is 0 Å². The van der Waals surface area contributed by atoms with E-state index in [4.69, 9.17) is 9.47 Å². The number of aryl methyl sites for hydroxylation is 2. The molecule has 0 saturated carbocycles. The Morgan fingerprint density at radius 2 is 1.80 bits per heavy atom. The van der Waals surface area contributed by atoms with Gasteiger partial charge in [0.15, 0.2) is 5.78 Å². The van der Waals surface area contributed by atoms with Crippen LogP contribution in [0.2, 0.25) is 0 Å². The van der Waals surface area contributed by atoms with Crippen molar-refractivity contribution in [3.63, 3.8) is 0 Å². The second kappa shape index (κ2) is 10.6. The molecular formula is C21H33NO3. The molecule has 0 unspecified atom stereocenters. The SMILES string of the molecule is CCCCCCOc1cc(C)c(C(=O)CCN2CCOCC2)c(C)c1. The van der Waals surface area contributed by atoms with Gasteiger partial charge in [-0.3, -0.25) is 9.69 Å². The number of unbranched alkanes of at least 4 members (excludes halogenated alkanes) is 3. The molecular weight excluding hydrogens is 314 g/mol. The second-order valence-electron chi connectivity index (χ2n) is 6.97. The van der Waals surface area contributed by atoms with Crippen molar-refractivity contribution in [3.05, 3.63) is 28.8 Å². The first-order chi connectivity index (χ1) is 12.1. The van der Waals surface area contributed by atoms with Crippen molar-refractivity contribution in [3.8, 4) is 5.75 Å². The third-order valence-corrected chi connectivity index (χ3v) is 4.81. The van der Waals surface area contributed by atoms with Crippen LogP contribution in [0.25, 0.3) is 0 Å². The van der Waals surface area contributed by atoms with Crippen molar-refractivity contribution >= 4 is 5.78 Å². The van der Waals surface area contributed by atoms with Crippen LogP contribution in [0.15, 0.2) is 12.1 Å². The number of rotatable bonds is 10. The van der Waals surface area contributed by atoms with Crippen LogP contribution >= 0.6 is 0 Å². The molecule has 1 heterocycles. The predicted octanol–water partition coefficient (Wildman–Crippen LogP) is 4.17. The van der Waals surface area contributed by atoms with E-state index in [9.17, 15) is 4.79 Å². The fraction of sp³-hybridized carbons (Fsp3) is 0.667. The first-order valence-electron chi connectivity index (χ1n) is 9.69. The number of hydrogen-bond acceptors (Lipinski definition) is 4. The first-order valence-corrected chi connectivity index (χ1v) is 9.69. The van der Waals surface area contributed by atoms with Gasteiger partial charge in [0.25, 0.3) is 0 Å². The molecule has 0 spiro atoms. The summed E-state index contributed by atoms with van der Waals surface area (Å²) in [6.07, 6.45) is 5.37. The normalized spacial score (nSPS) is 15.3. The number of hydrogen-bond donors (Lipinski definition) is 0. The van der Waals surface area contributed by atoms with Crippen molar-refractivity contribution in [1.82, 2.24) is 4.90 Å². The summed E-state index contributed by atoms with van der Waals surface area (Å²) in [6.45, 7) is 11.2. The van der Waals surface area contributed by atoms with Gasteiger partial charge in [-0.2, -0.15) is 0 Å². The lowest BCUT2D eigenvalue weighted by Gasteiger charge is -2.26. The smallest absolute Gasteiger partial charge is 0.164 e. The van der Waals surface area contributed by atoms with Crippen molar-refractivity contribution in [2.75, 3.05) is 39.5 Å². The number of nitrogens with zero attached hydrogens (tertiary/aromatic N) is 1. The van der Waals surface area contributed by atoms with E-state index in [0.717, 1.165) is 68.3 Å². The van der Waals surface area contributed by atoms with Crippen LogP contribution < -0.4 is 4.74 Å². The topological polar surface area (TPSA) is 38.8 Å². The maximum absolute atomic E-state index is 12.7. The summed E-state index contributed by atoms with van der Waals surface area (Å²) in [5.41, 5.74) is 2.91. The van der Waals surface area contributed by atoms with E-state index < -0.39 is 0 Å². The summed E-state index contributed by atoms with van der Waals surface area (Å²) in [6, 6.07) is 4.02. The maximum atomic E-state index is 12.7. The summed E-state index contributed by atoms with van der Waals surface area (Å²) in [7, 11) is 0. The monoisotopic (exact) mass is 347 g/mol. The summed E-state index contributed by atoms with van der Waals surface area (Å²) < 4.78 is 11.2. The number of morpholine rings is 1. The average Bonchev–Trinajstić information content (AvgIpc) is 2.60. The molecule has 0 N–H and O–H groups in total. The van der Waals surface area contributed by atoms with Gasteiger partial charge in [0.2, 0.25) is 0 Å². The molecule has 2 rings (SSSR count). The lowest BCUT2D eigenvalue weighted by atomic mass is 9.97. The standard InChI is InChI=1S/C21H33NO3/c1-4-5-6-7-12-25-19-15-17(2)21(18(3)16-19)20(23)8-9-22-10-13-24-14-11-22/h15-16H,4-14H2,1-3H3. The lowest BCUT2D eigenvalue weighted by Crippen LogP contribution is -2.37. The number of ether oxygens (including phenoxy) is 2. The molecule has 4 nitrogen and oxygen atoms in total. The summed E-state index contributed by atoms with van der Waals surface area (Å²) in [5, 5.41) is 0. The van der Waals surface area contributed by atoms with Crippen LogP contribution in [0.3, 0.4) is 0 Å². The van der Waals surface area contributed by atoms with Crippen molar-refractivity contribution < 1.29 is 14.3 Å². The number of carbonyl (C=O) groups is 1. The van der Waals surface area contributed by atoms with E-state index in [-0.39, 0.29) is 5.78 Å². The zero-order chi connectivity index (χ0) is 18.1. The number of carbonyl (C=O) groups excluding carboxylic acids is 1. The van der Waals surface area contributed by atoms with Gasteiger partial charge in [-0.25, -0.2) is 0 Å². The van der Waals surface area contributed by atoms with Gasteiger partial charge >= 0.3 is 0 Å². The highest BCUT2D eigenvalue weighted by Crippen LogP contribution is 2.23. The van der Waals surface area contributed by atoms with Gasteiger partial charge in [0.1, 0.15) is 5.75 Å². The Bertz CT molecular complexity index is 527. The van der Waals surface area contributed by atoms with Gasteiger partial charge < -0.3 is 9.47 Å². The van der Waals surface area contributed by atoms with Gasteiger partial charge in [0, 0.05) is 31.6 Å². The minimum Gasteiger partial charge on any atom is -0.494 e. The highest BCUT2D eigenvalue weighted by molar-refractivity contribution is 5.99.